The molecule has 13 nitrogen and oxygen atoms in total. The van der Waals surface area contributed by atoms with Gasteiger partial charge in [0.25, 0.3) is 0 Å². The van der Waals surface area contributed by atoms with Crippen LogP contribution >= 0.6 is 11.8 Å². The van der Waals surface area contributed by atoms with Gasteiger partial charge < -0.3 is 42.1 Å². The first-order chi connectivity index (χ1) is 17.0. The van der Waals surface area contributed by atoms with E-state index in [2.05, 4.69) is 16.0 Å². The number of nitrogens with two attached hydrogens (primary N) is 1. The molecule has 0 bridgehead atoms. The number of aliphatic hydroxyl groups excluding tert-OH is 1. The Labute approximate surface area is 211 Å². The van der Waals surface area contributed by atoms with Crippen LogP contribution in [0.4, 0.5) is 0 Å². The van der Waals surface area contributed by atoms with E-state index in [0.29, 0.717) is 11.3 Å². The fourth-order valence-corrected chi connectivity index (χ4v) is 3.47. The molecule has 0 spiro atoms. The van der Waals surface area contributed by atoms with Crippen molar-refractivity contribution in [1.82, 2.24) is 16.0 Å². The third kappa shape index (κ3) is 10.9. The molecule has 4 atom stereocenters. The molecule has 0 aromatic heterocycles. The fraction of sp³-hybridized carbons (Fsp3) is 0.500. The van der Waals surface area contributed by atoms with Gasteiger partial charge in [0.2, 0.25) is 17.7 Å². The number of amides is 3. The number of carbonyl (C=O) groups is 5. The van der Waals surface area contributed by atoms with Crippen LogP contribution in [0.15, 0.2) is 24.3 Å². The summed E-state index contributed by atoms with van der Waals surface area (Å²) in [5, 5.41) is 43.8. The second-order valence-corrected chi connectivity index (χ2v) is 8.88. The van der Waals surface area contributed by atoms with E-state index < -0.39 is 60.4 Å². The van der Waals surface area contributed by atoms with Crippen LogP contribution in [-0.2, 0) is 30.4 Å². The summed E-state index contributed by atoms with van der Waals surface area (Å²) in [6, 6.07) is 0.612. The Bertz CT molecular complexity index is 913. The number of benzene rings is 1. The van der Waals surface area contributed by atoms with Gasteiger partial charge in [-0.1, -0.05) is 12.1 Å². The molecule has 0 aliphatic heterocycles. The lowest BCUT2D eigenvalue weighted by molar-refractivity contribution is -0.143. The van der Waals surface area contributed by atoms with Gasteiger partial charge >= 0.3 is 11.9 Å². The van der Waals surface area contributed by atoms with Gasteiger partial charge in [-0.3, -0.25) is 19.2 Å². The highest BCUT2D eigenvalue weighted by Crippen LogP contribution is 2.12. The lowest BCUT2D eigenvalue weighted by Gasteiger charge is -2.25. The number of carboxylic acid groups (broad SMARTS) is 2. The van der Waals surface area contributed by atoms with Crippen molar-refractivity contribution in [2.45, 2.75) is 49.9 Å². The van der Waals surface area contributed by atoms with Crippen molar-refractivity contribution >= 4 is 41.4 Å². The van der Waals surface area contributed by atoms with Crippen LogP contribution in [0.5, 0.6) is 5.75 Å². The number of thioether (sulfide) groups is 1. The summed E-state index contributed by atoms with van der Waals surface area (Å²) < 4.78 is 0. The van der Waals surface area contributed by atoms with Gasteiger partial charge in [-0.2, -0.15) is 11.8 Å². The molecule has 4 unspecified atom stereocenters. The number of phenolic OH excluding ortho intramolecular Hbond substituents is 1. The Balaban J connectivity index is 3.06. The molecular weight excluding hydrogens is 496 g/mol. The summed E-state index contributed by atoms with van der Waals surface area (Å²) >= 11 is 1.40. The molecule has 0 aliphatic rings. The van der Waals surface area contributed by atoms with Crippen molar-refractivity contribution in [3.63, 3.8) is 0 Å². The lowest BCUT2D eigenvalue weighted by atomic mass is 10.0. The standard InChI is InChI=1S/C22H32N4O9S/c1-36-9-8-15(24-19(31)14(23)6-7-18(29)30)20(32)25-16(10-12-2-4-13(28)5-3-12)21(33)26-17(11-27)22(34)35/h2-5,14-17,27-28H,6-11,23H2,1H3,(H,24,31)(H,25,32)(H,26,33)(H,29,30)(H,34,35). The van der Waals surface area contributed by atoms with Crippen molar-refractivity contribution < 1.29 is 44.4 Å². The largest absolute Gasteiger partial charge is 0.508 e. The van der Waals surface area contributed by atoms with Crippen LogP contribution in [-0.4, -0.2) is 92.9 Å². The number of aliphatic carboxylic acids is 2. The summed E-state index contributed by atoms with van der Waals surface area (Å²) in [6.45, 7) is -0.873. The number of rotatable bonds is 16. The van der Waals surface area contributed by atoms with E-state index in [1.807, 2.05) is 0 Å². The third-order valence-electron chi connectivity index (χ3n) is 5.06. The third-order valence-corrected chi connectivity index (χ3v) is 5.70. The molecule has 1 aromatic rings. The maximum atomic E-state index is 13.1. The number of aromatic hydroxyl groups is 1. The molecule has 0 heterocycles. The van der Waals surface area contributed by atoms with E-state index in [4.69, 9.17) is 15.9 Å². The Hall–Kier alpha value is -3.36. The topological polar surface area (TPSA) is 228 Å². The van der Waals surface area contributed by atoms with E-state index in [1.54, 1.807) is 6.26 Å². The summed E-state index contributed by atoms with van der Waals surface area (Å²) in [7, 11) is 0. The number of hydrogen-bond acceptors (Lipinski definition) is 9. The molecule has 36 heavy (non-hydrogen) atoms. The minimum Gasteiger partial charge on any atom is -0.508 e. The monoisotopic (exact) mass is 528 g/mol. The van der Waals surface area contributed by atoms with Gasteiger partial charge in [-0.15, -0.1) is 0 Å². The first-order valence-electron chi connectivity index (χ1n) is 11.0. The van der Waals surface area contributed by atoms with E-state index in [1.165, 1.54) is 36.0 Å². The van der Waals surface area contributed by atoms with Crippen LogP contribution in [0.1, 0.15) is 24.8 Å². The van der Waals surface area contributed by atoms with E-state index >= 15 is 0 Å². The molecule has 1 rings (SSSR count). The van der Waals surface area contributed by atoms with Crippen LogP contribution in [0.2, 0.25) is 0 Å². The number of carboxylic acids is 2. The van der Waals surface area contributed by atoms with Crippen LogP contribution in [0.25, 0.3) is 0 Å². The number of phenols is 1. The minimum atomic E-state index is -1.60. The molecular formula is C22H32N4O9S. The average molecular weight is 529 g/mol. The first-order valence-corrected chi connectivity index (χ1v) is 12.4. The van der Waals surface area contributed by atoms with Crippen LogP contribution < -0.4 is 21.7 Å². The summed E-state index contributed by atoms with van der Waals surface area (Å²) in [5.41, 5.74) is 6.26. The molecule has 9 N–H and O–H groups in total. The number of carbonyl (C=O) groups excluding carboxylic acids is 3. The molecule has 0 saturated carbocycles. The first kappa shape index (κ1) is 30.7. The highest BCUT2D eigenvalue weighted by Gasteiger charge is 2.30. The Kier molecular flexibility index (Phi) is 13.3. The lowest BCUT2D eigenvalue weighted by Crippen LogP contribution is -2.58. The van der Waals surface area contributed by atoms with Crippen molar-refractivity contribution in [3.05, 3.63) is 29.8 Å². The highest BCUT2D eigenvalue weighted by molar-refractivity contribution is 7.98. The maximum absolute atomic E-state index is 13.1. The summed E-state index contributed by atoms with van der Waals surface area (Å²) in [4.78, 5) is 60.3. The van der Waals surface area contributed by atoms with Crippen molar-refractivity contribution in [2.24, 2.45) is 5.73 Å². The number of hydrogen-bond donors (Lipinski definition) is 8. The van der Waals surface area contributed by atoms with Gasteiger partial charge in [0.15, 0.2) is 0 Å². The van der Waals surface area contributed by atoms with Crippen LogP contribution in [0.3, 0.4) is 0 Å². The molecule has 0 saturated heterocycles. The molecule has 0 fully saturated rings. The molecule has 200 valence electrons. The van der Waals surface area contributed by atoms with Crippen molar-refractivity contribution in [2.75, 3.05) is 18.6 Å². The zero-order valence-electron chi connectivity index (χ0n) is 19.7. The predicted octanol–water partition coefficient (Wildman–Crippen LogP) is -1.59. The molecule has 0 aliphatic carbocycles. The fourth-order valence-electron chi connectivity index (χ4n) is 3.00. The Morgan fingerprint density at radius 3 is 1.97 bits per heavy atom. The van der Waals surface area contributed by atoms with Gasteiger partial charge in [0, 0.05) is 12.8 Å². The summed E-state index contributed by atoms with van der Waals surface area (Å²) in [6.07, 6.45) is 1.41. The Morgan fingerprint density at radius 1 is 0.889 bits per heavy atom. The van der Waals surface area contributed by atoms with Gasteiger partial charge in [-0.25, -0.2) is 4.79 Å². The van der Waals surface area contributed by atoms with Crippen molar-refractivity contribution in [3.8, 4) is 5.75 Å². The molecule has 3 amide bonds. The molecule has 14 heteroatoms. The van der Waals surface area contributed by atoms with E-state index in [0.717, 1.165) is 0 Å². The number of nitrogens with one attached hydrogen (secondary N) is 3. The zero-order chi connectivity index (χ0) is 27.3. The minimum absolute atomic E-state index is 0.0194. The quantitative estimate of drug-likeness (QED) is 0.122. The second kappa shape index (κ2) is 15.6. The normalized spacial score (nSPS) is 14.1. The average Bonchev–Trinajstić information content (AvgIpc) is 2.83. The zero-order valence-corrected chi connectivity index (χ0v) is 20.5. The van der Waals surface area contributed by atoms with Crippen LogP contribution in [0, 0.1) is 0 Å². The smallest absolute Gasteiger partial charge is 0.328 e. The predicted molar refractivity (Wildman–Crippen MR) is 130 cm³/mol. The molecule has 0 radical (unpaired) electrons. The molecule has 1 aromatic carbocycles. The SMILES string of the molecule is CSCCC(NC(=O)C(N)CCC(=O)O)C(=O)NC(Cc1ccc(O)cc1)C(=O)NC(CO)C(=O)O. The number of aliphatic hydroxyl groups is 1. The van der Waals surface area contributed by atoms with Gasteiger partial charge in [-0.05, 0) is 42.5 Å². The maximum Gasteiger partial charge on any atom is 0.328 e. The van der Waals surface area contributed by atoms with Gasteiger partial charge in [0.1, 0.15) is 23.9 Å². The highest BCUT2D eigenvalue weighted by atomic mass is 32.2. The van der Waals surface area contributed by atoms with E-state index in [-0.39, 0.29) is 31.4 Å². The van der Waals surface area contributed by atoms with Crippen molar-refractivity contribution in [1.29, 1.82) is 0 Å². The van der Waals surface area contributed by atoms with Gasteiger partial charge in [0.05, 0.1) is 12.6 Å². The summed E-state index contributed by atoms with van der Waals surface area (Å²) in [5.74, 6) is -4.51. The second-order valence-electron chi connectivity index (χ2n) is 7.90. The Morgan fingerprint density at radius 2 is 1.44 bits per heavy atom. The van der Waals surface area contributed by atoms with E-state index in [9.17, 15) is 34.2 Å².